The van der Waals surface area contributed by atoms with Gasteiger partial charge in [-0.2, -0.15) is 0 Å². The molecule has 0 saturated heterocycles. The molecule has 2 heteroatoms. The molecule has 0 radical (unpaired) electrons. The van der Waals surface area contributed by atoms with Gasteiger partial charge < -0.3 is 0 Å². The van der Waals surface area contributed by atoms with E-state index in [0.717, 1.165) is 12.8 Å². The highest BCUT2D eigenvalue weighted by Crippen LogP contribution is 2.61. The van der Waals surface area contributed by atoms with Crippen LogP contribution < -0.4 is 0 Å². The fraction of sp³-hybridized carbons (Fsp3) is 0.800. The molecule has 0 spiro atoms. The average molecular weight is 168 g/mol. The Morgan fingerprint density at radius 1 is 1.58 bits per heavy atom. The first-order valence-electron chi connectivity index (χ1n) is 4.57. The van der Waals surface area contributed by atoms with Crippen LogP contribution in [0, 0.1) is 17.3 Å². The summed E-state index contributed by atoms with van der Waals surface area (Å²) in [6.45, 7) is 8.51. The molecule has 68 valence electrons. The van der Waals surface area contributed by atoms with Gasteiger partial charge in [0.2, 0.25) is 0 Å². The molecule has 0 aromatic rings. The maximum Gasteiger partial charge on any atom is 0.103 e. The summed E-state index contributed by atoms with van der Waals surface area (Å²) in [7, 11) is 0. The summed E-state index contributed by atoms with van der Waals surface area (Å²) in [6, 6.07) is 0. The van der Waals surface area contributed by atoms with Crippen molar-refractivity contribution in [2.75, 3.05) is 0 Å². The number of hydrogen-bond acceptors (Lipinski definition) is 2. The maximum atomic E-state index is 8.70. The third kappa shape index (κ3) is 0.771. The van der Waals surface area contributed by atoms with Crippen LogP contribution in [-0.4, -0.2) is 11.4 Å². The first-order chi connectivity index (χ1) is 5.59. The van der Waals surface area contributed by atoms with E-state index < -0.39 is 0 Å². The molecule has 0 amide bonds. The molecule has 2 bridgehead atoms. The van der Waals surface area contributed by atoms with Crippen molar-refractivity contribution >= 4 is 0 Å². The molecular weight excluding hydrogens is 152 g/mol. The van der Waals surface area contributed by atoms with E-state index in [0.29, 0.717) is 17.3 Å². The quantitative estimate of drug-likeness (QED) is 0.370. The Morgan fingerprint density at radius 3 is 2.58 bits per heavy atom. The maximum absolute atomic E-state index is 8.70. The normalized spacial score (nSPS) is 43.9. The molecule has 3 aliphatic rings. The van der Waals surface area contributed by atoms with Crippen molar-refractivity contribution < 1.29 is 10.1 Å². The first kappa shape index (κ1) is 8.27. The van der Waals surface area contributed by atoms with E-state index >= 15 is 0 Å². The van der Waals surface area contributed by atoms with Crippen molar-refractivity contribution in [2.24, 2.45) is 17.3 Å². The monoisotopic (exact) mass is 168 g/mol. The van der Waals surface area contributed by atoms with Crippen LogP contribution in [0.15, 0.2) is 12.2 Å². The average Bonchev–Trinajstić information content (AvgIpc) is 2.01. The molecule has 0 aliphatic heterocycles. The summed E-state index contributed by atoms with van der Waals surface area (Å²) in [5.74, 6) is 0.902. The Hall–Kier alpha value is -0.340. The lowest BCUT2D eigenvalue weighted by molar-refractivity contribution is -0.354. The molecule has 3 saturated carbocycles. The molecule has 0 aromatic carbocycles. The second-order valence-electron chi connectivity index (χ2n) is 4.67. The Morgan fingerprint density at radius 2 is 2.25 bits per heavy atom. The molecule has 0 heterocycles. The zero-order valence-electron chi connectivity index (χ0n) is 7.71. The van der Waals surface area contributed by atoms with Gasteiger partial charge in [-0.15, -0.1) is 0 Å². The fourth-order valence-corrected chi connectivity index (χ4v) is 3.12. The van der Waals surface area contributed by atoms with E-state index in [2.05, 4.69) is 25.3 Å². The van der Waals surface area contributed by atoms with E-state index in [9.17, 15) is 0 Å². The molecule has 3 atom stereocenters. The Labute approximate surface area is 73.2 Å². The highest BCUT2D eigenvalue weighted by molar-refractivity contribution is 5.23. The van der Waals surface area contributed by atoms with Crippen LogP contribution in [0.2, 0.25) is 0 Å². The molecule has 3 rings (SSSR count). The van der Waals surface area contributed by atoms with Gasteiger partial charge in [-0.3, -0.25) is 5.26 Å². The summed E-state index contributed by atoms with van der Waals surface area (Å²) < 4.78 is 0. The van der Waals surface area contributed by atoms with E-state index in [1.54, 1.807) is 0 Å². The van der Waals surface area contributed by atoms with E-state index in [1.165, 1.54) is 5.57 Å². The number of fused-ring (bicyclic) bond motifs is 2. The molecule has 2 nitrogen and oxygen atoms in total. The lowest BCUT2D eigenvalue weighted by Gasteiger charge is -2.61. The van der Waals surface area contributed by atoms with Gasteiger partial charge in [0.15, 0.2) is 0 Å². The molecule has 1 N–H and O–H groups in total. The van der Waals surface area contributed by atoms with E-state index in [1.807, 2.05) is 0 Å². The predicted octanol–water partition coefficient (Wildman–Crippen LogP) is 2.47. The lowest BCUT2D eigenvalue weighted by atomic mass is 9.46. The van der Waals surface area contributed by atoms with Crippen molar-refractivity contribution in [3.8, 4) is 0 Å². The van der Waals surface area contributed by atoms with Crippen molar-refractivity contribution in [3.63, 3.8) is 0 Å². The Kier molecular flexibility index (Phi) is 1.61. The number of hydrogen-bond donors (Lipinski definition) is 1. The fourth-order valence-electron chi connectivity index (χ4n) is 3.12. The molecule has 3 aliphatic carbocycles. The SMILES string of the molecule is C=C1CCC2C(OO)C1C2(C)C. The van der Waals surface area contributed by atoms with Crippen LogP contribution in [0.5, 0.6) is 0 Å². The third-order valence-corrected chi connectivity index (χ3v) is 3.82. The van der Waals surface area contributed by atoms with Gasteiger partial charge in [0.05, 0.1) is 0 Å². The van der Waals surface area contributed by atoms with Gasteiger partial charge in [0.25, 0.3) is 0 Å². The Balaban J connectivity index is 2.24. The smallest absolute Gasteiger partial charge is 0.103 e. The van der Waals surface area contributed by atoms with Crippen molar-refractivity contribution in [3.05, 3.63) is 12.2 Å². The lowest BCUT2D eigenvalue weighted by Crippen LogP contribution is -2.61. The molecule has 0 aromatic heterocycles. The number of rotatable bonds is 1. The zero-order valence-corrected chi connectivity index (χ0v) is 7.71. The summed E-state index contributed by atoms with van der Waals surface area (Å²) in [5, 5.41) is 8.70. The van der Waals surface area contributed by atoms with Gasteiger partial charge >= 0.3 is 0 Å². The van der Waals surface area contributed by atoms with Crippen LogP contribution in [-0.2, 0) is 4.89 Å². The molecule has 3 fully saturated rings. The largest absolute Gasteiger partial charge is 0.252 e. The topological polar surface area (TPSA) is 29.5 Å². The summed E-state index contributed by atoms with van der Waals surface area (Å²) in [5.41, 5.74) is 1.55. The van der Waals surface area contributed by atoms with Gasteiger partial charge in [0, 0.05) is 5.92 Å². The van der Waals surface area contributed by atoms with Gasteiger partial charge in [-0.05, 0) is 24.2 Å². The van der Waals surface area contributed by atoms with Gasteiger partial charge in [-0.1, -0.05) is 26.0 Å². The predicted molar refractivity (Wildman–Crippen MR) is 46.6 cm³/mol. The van der Waals surface area contributed by atoms with Crippen LogP contribution in [0.4, 0.5) is 0 Å². The van der Waals surface area contributed by atoms with E-state index in [-0.39, 0.29) is 6.10 Å². The summed E-state index contributed by atoms with van der Waals surface area (Å²) in [6.07, 6.45) is 2.26. The molecule has 3 unspecified atom stereocenters. The third-order valence-electron chi connectivity index (χ3n) is 3.82. The second kappa shape index (κ2) is 2.33. The first-order valence-corrected chi connectivity index (χ1v) is 4.57. The van der Waals surface area contributed by atoms with Crippen LogP contribution in [0.1, 0.15) is 26.7 Å². The van der Waals surface area contributed by atoms with Crippen molar-refractivity contribution in [1.82, 2.24) is 0 Å². The van der Waals surface area contributed by atoms with Gasteiger partial charge in [-0.25, -0.2) is 4.89 Å². The zero-order chi connectivity index (χ0) is 8.93. The van der Waals surface area contributed by atoms with Crippen LogP contribution in [0.25, 0.3) is 0 Å². The minimum absolute atomic E-state index is 0.0289. The van der Waals surface area contributed by atoms with Crippen molar-refractivity contribution in [2.45, 2.75) is 32.8 Å². The van der Waals surface area contributed by atoms with Crippen LogP contribution >= 0.6 is 0 Å². The summed E-state index contributed by atoms with van der Waals surface area (Å²) in [4.78, 5) is 4.50. The second-order valence-corrected chi connectivity index (χ2v) is 4.67. The molecular formula is C10H16O2. The van der Waals surface area contributed by atoms with Gasteiger partial charge in [0.1, 0.15) is 6.10 Å². The summed E-state index contributed by atoms with van der Waals surface area (Å²) >= 11 is 0. The Bertz CT molecular complexity index is 220. The highest BCUT2D eigenvalue weighted by atomic mass is 17.1. The molecule has 12 heavy (non-hydrogen) atoms. The van der Waals surface area contributed by atoms with E-state index in [4.69, 9.17) is 5.26 Å². The standard InChI is InChI=1S/C10H16O2/c1-6-4-5-7-9(12-11)8(6)10(7,2)3/h7-9,11H,1,4-5H2,2-3H3. The minimum atomic E-state index is 0.0289. The van der Waals surface area contributed by atoms with Crippen molar-refractivity contribution in [1.29, 1.82) is 0 Å². The highest BCUT2D eigenvalue weighted by Gasteiger charge is 2.60. The minimum Gasteiger partial charge on any atom is -0.252 e. The van der Waals surface area contributed by atoms with Crippen LogP contribution in [0.3, 0.4) is 0 Å².